The maximum absolute atomic E-state index is 9.90. The number of aliphatic hydroxyl groups is 18. The first-order chi connectivity index (χ1) is 51.9. The van der Waals surface area contributed by atoms with Crippen LogP contribution in [0.1, 0.15) is 272 Å². The van der Waals surface area contributed by atoms with Gasteiger partial charge < -0.3 is 152 Å². The van der Waals surface area contributed by atoms with Crippen LogP contribution in [-0.2, 0) is 28.4 Å². The molecule has 12 rings (SSSR count). The molecule has 10 unspecified atom stereocenters. The van der Waals surface area contributed by atoms with Crippen molar-refractivity contribution in [1.29, 1.82) is 0 Å². The lowest BCUT2D eigenvalue weighted by atomic mass is 9.89. The van der Waals surface area contributed by atoms with Crippen LogP contribution in [0.25, 0.3) is 0 Å². The van der Waals surface area contributed by atoms with Crippen LogP contribution in [-0.4, -0.2) is 351 Å². The number of hydrogen-bond acceptors (Lipinski definition) is 30. The van der Waals surface area contributed by atoms with E-state index < -0.39 is 110 Å². The number of fused-ring (bicyclic) bond motifs is 6. The van der Waals surface area contributed by atoms with Gasteiger partial charge in [-0.1, -0.05) is 234 Å². The zero-order valence-corrected chi connectivity index (χ0v) is 66.3. The summed E-state index contributed by atoms with van der Waals surface area (Å²) in [5.74, 6) is 0. The Kier molecular flexibility index (Phi) is 55.6. The van der Waals surface area contributed by atoms with E-state index in [1.807, 2.05) is 0 Å². The predicted octanol–water partition coefficient (Wildman–Crippen LogP) is 2.10. The van der Waals surface area contributed by atoms with Gasteiger partial charge in [-0.2, -0.15) is 0 Å². The average molecular weight is 1640 g/mol. The number of nitrogens with one attached hydrogen (secondary N) is 6. The summed E-state index contributed by atoms with van der Waals surface area (Å²) in [4.78, 5) is 0. The third kappa shape index (κ3) is 32.9. The quantitative estimate of drug-likeness (QED) is 0.0309. The molecule has 6 saturated heterocycles. The lowest BCUT2D eigenvalue weighted by Gasteiger charge is -2.33. The molecule has 0 aromatic heterocycles. The van der Waals surface area contributed by atoms with Gasteiger partial charge in [0.2, 0.25) is 0 Å². The summed E-state index contributed by atoms with van der Waals surface area (Å²) in [6.45, 7) is 20.9. The highest BCUT2D eigenvalue weighted by molar-refractivity contribution is 5.21. The van der Waals surface area contributed by atoms with Gasteiger partial charge in [0.25, 0.3) is 0 Å². The van der Waals surface area contributed by atoms with E-state index in [0.29, 0.717) is 39.6 Å². The molecular formula is C83H172N6O24. The van der Waals surface area contributed by atoms with Crippen LogP contribution in [0.15, 0.2) is 0 Å². The van der Waals surface area contributed by atoms with Gasteiger partial charge in [-0.25, -0.2) is 0 Å². The molecule has 30 heteroatoms. The number of ether oxygens (including phenoxy) is 6. The molecule has 12 fully saturated rings. The zero-order chi connectivity index (χ0) is 79.3. The van der Waals surface area contributed by atoms with Gasteiger partial charge in [0.05, 0.1) is 109 Å². The van der Waals surface area contributed by atoms with Crippen LogP contribution in [0.3, 0.4) is 0 Å². The van der Waals surface area contributed by atoms with Crippen molar-refractivity contribution in [3.63, 3.8) is 0 Å². The fraction of sp³-hybridized carbons (Fsp3) is 1.00. The molecule has 30 nitrogen and oxygen atoms in total. The van der Waals surface area contributed by atoms with E-state index in [4.69, 9.17) is 28.4 Å². The topological polar surface area (TPSA) is 551 Å². The summed E-state index contributed by atoms with van der Waals surface area (Å²) in [6, 6.07) is -0.731. The number of aliphatic hydroxyl groups excluding tert-OH is 18. The summed E-state index contributed by atoms with van der Waals surface area (Å²) in [6.07, 6.45) is 12.7. The first-order valence-corrected chi connectivity index (χ1v) is 42.4. The molecule has 0 aromatic rings. The molecule has 12 aliphatic rings. The standard InChI is InChI=1S/2C14H27NO4.2C12H23NO4.2C10H19NO4.C6H14.5CH4/c2*1-2-3-4-5-6-7-8-19-14-10-9(15-10)11(16)12(17)13(14)18;2*1-2-3-4-5-6-17-12-8-7(13-8)9(14)10(15)11(12)16;2*1-2-3-4-15-10-6-5(11-6)7(12)8(13)9(10)14;1-3-5-6-4-2;;;;;/h2*9-18H,2-8H2,1H3;2*7-16H,2-6H2,1H3;2*5-14H,2-4H2,1H3;3-6H2,1-2H3;5*1H4/t9?,10?,11-,12+,13-,14-;9-,10+,11-,12+,13-,14-;2*7?,8?,9-,10+,11-,12-;2*5?,6?,7-,8+,9-,10-;;;;;;/m000000....../s1. The molecule has 6 heterocycles. The van der Waals surface area contributed by atoms with Crippen molar-refractivity contribution in [2.75, 3.05) is 39.6 Å². The molecule has 0 amide bonds. The lowest BCUT2D eigenvalue weighted by Crippen LogP contribution is -2.54. The molecule has 0 bridgehead atoms. The summed E-state index contributed by atoms with van der Waals surface area (Å²) in [5, 5.41) is 192. The fourth-order valence-electron chi connectivity index (χ4n) is 15.7. The molecule has 6 aliphatic heterocycles. The van der Waals surface area contributed by atoms with Crippen molar-refractivity contribution in [3.05, 3.63) is 0 Å². The van der Waals surface area contributed by atoms with E-state index >= 15 is 0 Å². The van der Waals surface area contributed by atoms with Crippen molar-refractivity contribution in [3.8, 4) is 0 Å². The van der Waals surface area contributed by atoms with Gasteiger partial charge in [-0.05, 0) is 38.5 Å². The molecule has 6 aliphatic carbocycles. The normalized spacial score (nSPS) is 40.6. The van der Waals surface area contributed by atoms with E-state index in [2.05, 4.69) is 87.3 Å². The minimum atomic E-state index is -1.11. The van der Waals surface area contributed by atoms with E-state index in [-0.39, 0.29) is 146 Å². The van der Waals surface area contributed by atoms with Gasteiger partial charge in [0.1, 0.15) is 110 Å². The predicted molar refractivity (Wildman–Crippen MR) is 439 cm³/mol. The minimum Gasteiger partial charge on any atom is -0.389 e. The van der Waals surface area contributed by atoms with E-state index in [9.17, 15) is 91.9 Å². The Balaban J connectivity index is 0.000000663. The van der Waals surface area contributed by atoms with Crippen LogP contribution in [0, 0.1) is 0 Å². The van der Waals surface area contributed by atoms with Gasteiger partial charge in [0, 0.05) is 39.6 Å². The van der Waals surface area contributed by atoms with Crippen LogP contribution in [0.5, 0.6) is 0 Å². The molecule has 6 saturated carbocycles. The molecule has 36 atom stereocenters. The van der Waals surface area contributed by atoms with Crippen LogP contribution in [0.2, 0.25) is 0 Å². The Labute approximate surface area is 680 Å². The molecule has 678 valence electrons. The fourth-order valence-corrected chi connectivity index (χ4v) is 15.7. The minimum absolute atomic E-state index is 0. The maximum atomic E-state index is 9.90. The number of hydrogen-bond donors (Lipinski definition) is 24. The summed E-state index contributed by atoms with van der Waals surface area (Å²) < 4.78 is 33.7. The lowest BCUT2D eigenvalue weighted by molar-refractivity contribution is -0.140. The number of unbranched alkanes of at least 4 members (excludes halogenated alkanes) is 21. The Hall–Kier alpha value is -1.20. The molecule has 0 aromatic carbocycles. The molecular weight excluding hydrogens is 1460 g/mol. The van der Waals surface area contributed by atoms with E-state index in [1.165, 1.54) is 103 Å². The van der Waals surface area contributed by atoms with Crippen LogP contribution < -0.4 is 31.9 Å². The molecule has 0 spiro atoms. The highest BCUT2D eigenvalue weighted by Gasteiger charge is 2.63. The van der Waals surface area contributed by atoms with Crippen molar-refractivity contribution in [2.45, 2.75) is 491 Å². The van der Waals surface area contributed by atoms with Gasteiger partial charge in [-0.3, -0.25) is 0 Å². The Morgan fingerprint density at radius 3 is 0.434 bits per heavy atom. The maximum Gasteiger partial charge on any atom is 0.110 e. The largest absolute Gasteiger partial charge is 0.389 e. The van der Waals surface area contributed by atoms with E-state index in [0.717, 1.165) is 77.0 Å². The third-order valence-electron chi connectivity index (χ3n) is 23.3. The smallest absolute Gasteiger partial charge is 0.110 e. The van der Waals surface area contributed by atoms with Crippen molar-refractivity contribution in [1.82, 2.24) is 31.9 Å². The summed E-state index contributed by atoms with van der Waals surface area (Å²) in [7, 11) is 0. The van der Waals surface area contributed by atoms with Crippen molar-refractivity contribution < 1.29 is 120 Å². The zero-order valence-electron chi connectivity index (χ0n) is 66.3. The van der Waals surface area contributed by atoms with E-state index in [1.54, 1.807) is 0 Å². The highest BCUT2D eigenvalue weighted by Crippen LogP contribution is 2.38. The first kappa shape index (κ1) is 110. The summed E-state index contributed by atoms with van der Waals surface area (Å²) >= 11 is 0. The monoisotopic (exact) mass is 1640 g/mol. The van der Waals surface area contributed by atoms with Crippen molar-refractivity contribution in [2.24, 2.45) is 0 Å². The molecule has 0 radical (unpaired) electrons. The molecule has 113 heavy (non-hydrogen) atoms. The van der Waals surface area contributed by atoms with Crippen LogP contribution >= 0.6 is 0 Å². The second kappa shape index (κ2) is 57.2. The summed E-state index contributed by atoms with van der Waals surface area (Å²) in [5.41, 5.74) is 0. The third-order valence-corrected chi connectivity index (χ3v) is 23.3. The second-order valence-electron chi connectivity index (χ2n) is 32.2. The number of rotatable bonds is 39. The highest BCUT2D eigenvalue weighted by atomic mass is 16.5. The molecule has 24 N–H and O–H groups in total. The first-order valence-electron chi connectivity index (χ1n) is 42.4. The van der Waals surface area contributed by atoms with Gasteiger partial charge in [-0.15, -0.1) is 0 Å². The SMILES string of the molecule is C.C.C.C.C.CCCCCC.CCCCCCCCO[C@@H]1[C@@H](O)[C@H](O)[C@@H](O)[C@H]2N[C@H]21.CCCCCCCCO[C@H]1C2NC2[C@H](O)[C@@H](O)[C@@H]1O.CCCCCCO[C@H]1C2NC2[C@H](O)[C@@H](O)[C@@H]1O.CCCCCCO[C@H]1C2NC2[C@H](O)[C@@H](O)[C@@H]1O.CCCCO[C@H]1C2NC2[C@H](O)[C@@H](O)[C@@H]1O.CCCCO[C@H]1C2NC2[C@H](O)[C@@H](O)[C@@H]1O. The van der Waals surface area contributed by atoms with Gasteiger partial charge >= 0.3 is 0 Å². The van der Waals surface area contributed by atoms with Crippen molar-refractivity contribution >= 4 is 0 Å². The Bertz CT molecular complexity index is 2200. The Morgan fingerprint density at radius 2 is 0.274 bits per heavy atom. The second-order valence-corrected chi connectivity index (χ2v) is 32.2. The van der Waals surface area contributed by atoms with Gasteiger partial charge in [0.15, 0.2) is 0 Å². The average Bonchev–Trinajstić information content (AvgIpc) is 1.65. The van der Waals surface area contributed by atoms with Crippen LogP contribution in [0.4, 0.5) is 0 Å². The Morgan fingerprint density at radius 1 is 0.150 bits per heavy atom.